The fraction of sp³-hybridized carbons (Fsp3) is 0.333. The first-order chi connectivity index (χ1) is 8.58. The van der Waals surface area contributed by atoms with Crippen molar-refractivity contribution >= 4 is 28.6 Å². The lowest BCUT2D eigenvalue weighted by atomic mass is 10.3. The number of aliphatic hydroxyl groups is 1. The summed E-state index contributed by atoms with van der Waals surface area (Å²) in [7, 11) is 1.67. The fourth-order valence-corrected chi connectivity index (χ4v) is 3.07. The Morgan fingerprint density at radius 1 is 1.56 bits per heavy atom. The third kappa shape index (κ3) is 2.95. The van der Waals surface area contributed by atoms with E-state index >= 15 is 0 Å². The molecule has 1 N–H and O–H groups in total. The number of aromatic nitrogens is 1. The smallest absolute Gasteiger partial charge is 0.273 e. The van der Waals surface area contributed by atoms with Crippen LogP contribution in [0.15, 0.2) is 22.2 Å². The van der Waals surface area contributed by atoms with Crippen LogP contribution in [0.2, 0.25) is 0 Å². The number of rotatable bonds is 4. The Bertz CT molecular complexity index is 520. The lowest BCUT2D eigenvalue weighted by Crippen LogP contribution is -2.33. The van der Waals surface area contributed by atoms with Crippen molar-refractivity contribution in [3.8, 4) is 10.6 Å². The number of amides is 1. The predicted octanol–water partition coefficient (Wildman–Crippen LogP) is 2.32. The van der Waals surface area contributed by atoms with E-state index in [0.29, 0.717) is 12.2 Å². The van der Waals surface area contributed by atoms with Gasteiger partial charge in [0.25, 0.3) is 5.91 Å². The van der Waals surface area contributed by atoms with Gasteiger partial charge < -0.3 is 10.0 Å². The van der Waals surface area contributed by atoms with Gasteiger partial charge in [-0.15, -0.1) is 11.3 Å². The first-order valence-electron chi connectivity index (χ1n) is 5.49. The maximum absolute atomic E-state index is 12.0. The second-order valence-electron chi connectivity index (χ2n) is 4.08. The third-order valence-corrected chi connectivity index (χ3v) is 3.95. The summed E-state index contributed by atoms with van der Waals surface area (Å²) in [6.45, 7) is 1.96. The van der Waals surface area contributed by atoms with Gasteiger partial charge >= 0.3 is 0 Å². The zero-order valence-electron chi connectivity index (χ0n) is 10.2. The molecule has 1 atom stereocenters. The Morgan fingerprint density at radius 3 is 2.94 bits per heavy atom. The van der Waals surface area contributed by atoms with E-state index in [2.05, 4.69) is 4.98 Å². The van der Waals surface area contributed by atoms with Crippen LogP contribution in [0.5, 0.6) is 0 Å². The molecule has 2 heterocycles. The van der Waals surface area contributed by atoms with Gasteiger partial charge in [-0.3, -0.25) is 4.79 Å². The molecule has 6 heteroatoms. The van der Waals surface area contributed by atoms with Gasteiger partial charge in [0.15, 0.2) is 0 Å². The standard InChI is InChI=1S/C12H14N2O2S2/c1-8(15)5-14(2)12(16)10-7-18-11(13-10)9-3-4-17-6-9/h3-4,6-8,15H,5H2,1-2H3. The van der Waals surface area contributed by atoms with E-state index in [1.807, 2.05) is 16.8 Å². The van der Waals surface area contributed by atoms with Crippen LogP contribution in [-0.4, -0.2) is 40.6 Å². The van der Waals surface area contributed by atoms with E-state index < -0.39 is 6.10 Å². The highest BCUT2D eigenvalue weighted by atomic mass is 32.1. The average molecular weight is 282 g/mol. The summed E-state index contributed by atoms with van der Waals surface area (Å²) in [6, 6.07) is 1.98. The maximum atomic E-state index is 12.0. The molecule has 1 amide bonds. The minimum atomic E-state index is -0.533. The molecule has 4 nitrogen and oxygen atoms in total. The molecule has 0 aliphatic heterocycles. The van der Waals surface area contributed by atoms with Crippen molar-refractivity contribution in [2.75, 3.05) is 13.6 Å². The van der Waals surface area contributed by atoms with Crippen LogP contribution < -0.4 is 0 Å². The molecular formula is C12H14N2O2S2. The molecule has 0 spiro atoms. The topological polar surface area (TPSA) is 53.4 Å². The van der Waals surface area contributed by atoms with Crippen LogP contribution in [0.25, 0.3) is 10.6 Å². The lowest BCUT2D eigenvalue weighted by molar-refractivity contribution is 0.0699. The van der Waals surface area contributed by atoms with Crippen molar-refractivity contribution in [1.29, 1.82) is 0 Å². The minimum Gasteiger partial charge on any atom is -0.392 e. The van der Waals surface area contributed by atoms with E-state index in [1.165, 1.54) is 16.2 Å². The van der Waals surface area contributed by atoms with Crippen molar-refractivity contribution in [3.63, 3.8) is 0 Å². The molecule has 2 aromatic rings. The van der Waals surface area contributed by atoms with Gasteiger partial charge in [0.05, 0.1) is 6.10 Å². The lowest BCUT2D eigenvalue weighted by Gasteiger charge is -2.17. The summed E-state index contributed by atoms with van der Waals surface area (Å²) < 4.78 is 0. The van der Waals surface area contributed by atoms with Gasteiger partial charge in [0.2, 0.25) is 0 Å². The number of hydrogen-bond acceptors (Lipinski definition) is 5. The molecule has 0 radical (unpaired) electrons. The highest BCUT2D eigenvalue weighted by Gasteiger charge is 2.17. The van der Waals surface area contributed by atoms with Gasteiger partial charge in [-0.2, -0.15) is 11.3 Å². The zero-order valence-corrected chi connectivity index (χ0v) is 11.8. The SMILES string of the molecule is CC(O)CN(C)C(=O)c1csc(-c2ccsc2)n1. The van der Waals surface area contributed by atoms with Gasteiger partial charge in [0.1, 0.15) is 10.7 Å². The Labute approximate surface area is 114 Å². The van der Waals surface area contributed by atoms with E-state index in [1.54, 1.807) is 30.7 Å². The second kappa shape index (κ2) is 5.60. The van der Waals surface area contributed by atoms with Gasteiger partial charge in [0, 0.05) is 29.9 Å². The van der Waals surface area contributed by atoms with Gasteiger partial charge in [-0.1, -0.05) is 0 Å². The quantitative estimate of drug-likeness (QED) is 0.936. The molecule has 0 aliphatic rings. The summed E-state index contributed by atoms with van der Waals surface area (Å²) in [4.78, 5) is 17.8. The predicted molar refractivity (Wildman–Crippen MR) is 74.1 cm³/mol. The second-order valence-corrected chi connectivity index (χ2v) is 5.72. The highest BCUT2D eigenvalue weighted by molar-refractivity contribution is 7.14. The molecule has 0 fully saturated rings. The molecule has 0 saturated carbocycles. The molecule has 2 aromatic heterocycles. The molecule has 2 rings (SSSR count). The number of thiophene rings is 1. The molecular weight excluding hydrogens is 268 g/mol. The normalized spacial score (nSPS) is 12.4. The van der Waals surface area contributed by atoms with Crippen LogP contribution in [-0.2, 0) is 0 Å². The van der Waals surface area contributed by atoms with Crippen LogP contribution in [0.1, 0.15) is 17.4 Å². The summed E-state index contributed by atoms with van der Waals surface area (Å²) in [5, 5.41) is 15.9. The van der Waals surface area contributed by atoms with Crippen LogP contribution in [0.4, 0.5) is 0 Å². The third-order valence-electron chi connectivity index (χ3n) is 2.38. The molecule has 96 valence electrons. The number of nitrogens with zero attached hydrogens (tertiary/aromatic N) is 2. The molecule has 0 saturated heterocycles. The number of hydrogen-bond donors (Lipinski definition) is 1. The van der Waals surface area contributed by atoms with E-state index in [9.17, 15) is 9.90 Å². The number of thiazole rings is 1. The van der Waals surface area contributed by atoms with Crippen molar-refractivity contribution in [2.45, 2.75) is 13.0 Å². The van der Waals surface area contributed by atoms with Crippen LogP contribution in [0.3, 0.4) is 0 Å². The van der Waals surface area contributed by atoms with Crippen molar-refractivity contribution in [1.82, 2.24) is 9.88 Å². The van der Waals surface area contributed by atoms with Crippen LogP contribution in [0, 0.1) is 0 Å². The largest absolute Gasteiger partial charge is 0.392 e. The Kier molecular flexibility index (Phi) is 4.11. The summed E-state index contributed by atoms with van der Waals surface area (Å²) in [6.07, 6.45) is -0.533. The summed E-state index contributed by atoms with van der Waals surface area (Å²) >= 11 is 3.06. The summed E-state index contributed by atoms with van der Waals surface area (Å²) in [5.41, 5.74) is 1.48. The fourth-order valence-electron chi connectivity index (χ4n) is 1.57. The molecule has 0 aliphatic carbocycles. The Morgan fingerprint density at radius 2 is 2.33 bits per heavy atom. The van der Waals surface area contributed by atoms with Crippen LogP contribution >= 0.6 is 22.7 Å². The minimum absolute atomic E-state index is 0.159. The highest BCUT2D eigenvalue weighted by Crippen LogP contribution is 2.25. The van der Waals surface area contributed by atoms with Crippen molar-refractivity contribution in [3.05, 3.63) is 27.9 Å². The van der Waals surface area contributed by atoms with E-state index in [-0.39, 0.29) is 5.91 Å². The first kappa shape index (κ1) is 13.2. The Hall–Kier alpha value is -1.24. The summed E-state index contributed by atoms with van der Waals surface area (Å²) in [5.74, 6) is -0.159. The molecule has 0 bridgehead atoms. The number of carbonyl (C=O) groups is 1. The molecule has 18 heavy (non-hydrogen) atoms. The van der Waals surface area contributed by atoms with E-state index in [4.69, 9.17) is 0 Å². The Balaban J connectivity index is 2.13. The monoisotopic (exact) mass is 282 g/mol. The van der Waals surface area contributed by atoms with Gasteiger partial charge in [-0.05, 0) is 18.4 Å². The van der Waals surface area contributed by atoms with Crippen molar-refractivity contribution < 1.29 is 9.90 Å². The average Bonchev–Trinajstić information content (AvgIpc) is 2.97. The van der Waals surface area contributed by atoms with Gasteiger partial charge in [-0.25, -0.2) is 4.98 Å². The maximum Gasteiger partial charge on any atom is 0.273 e. The number of likely N-dealkylation sites (N-methyl/N-ethyl adjacent to an activating group) is 1. The van der Waals surface area contributed by atoms with E-state index in [0.717, 1.165) is 10.6 Å². The molecule has 1 unspecified atom stereocenters. The number of carbonyl (C=O) groups excluding carboxylic acids is 1. The number of aliphatic hydroxyl groups excluding tert-OH is 1. The zero-order chi connectivity index (χ0) is 13.1. The first-order valence-corrected chi connectivity index (χ1v) is 7.32. The van der Waals surface area contributed by atoms with Crippen molar-refractivity contribution in [2.24, 2.45) is 0 Å². The molecule has 0 aromatic carbocycles.